The number of aromatic nitrogens is 3. The molecule has 1 aliphatic carbocycles. The summed E-state index contributed by atoms with van der Waals surface area (Å²) >= 11 is 5.63. The molecule has 2 unspecified atom stereocenters. The predicted molar refractivity (Wildman–Crippen MR) is 91.1 cm³/mol. The molecule has 0 radical (unpaired) electrons. The maximum absolute atomic E-state index is 5.95. The Morgan fingerprint density at radius 3 is 2.87 bits per heavy atom. The van der Waals surface area contributed by atoms with E-state index in [0.717, 1.165) is 30.3 Å². The minimum absolute atomic E-state index is 0.392. The minimum Gasteiger partial charge on any atom is -0.375 e. The first kappa shape index (κ1) is 15.1. The molecule has 6 heteroatoms. The number of hydrogen-bond donors (Lipinski definition) is 0. The van der Waals surface area contributed by atoms with Crippen LogP contribution in [0.4, 0.5) is 0 Å². The molecule has 1 saturated heterocycles. The molecule has 122 valence electrons. The Hall–Kier alpha value is -1.50. The van der Waals surface area contributed by atoms with Crippen LogP contribution in [-0.2, 0) is 11.4 Å². The van der Waals surface area contributed by atoms with Crippen LogP contribution in [0.5, 0.6) is 0 Å². The molecule has 0 amide bonds. The number of rotatable bonds is 3. The Kier molecular flexibility index (Phi) is 4.29. The second kappa shape index (κ2) is 6.55. The van der Waals surface area contributed by atoms with Crippen molar-refractivity contribution in [1.29, 1.82) is 0 Å². The Labute approximate surface area is 141 Å². The number of para-hydroxylation sites is 1. The van der Waals surface area contributed by atoms with E-state index in [0.29, 0.717) is 12.1 Å². The van der Waals surface area contributed by atoms with Gasteiger partial charge in [0.2, 0.25) is 4.77 Å². The van der Waals surface area contributed by atoms with Crippen molar-refractivity contribution < 1.29 is 4.74 Å². The molecular weight excluding hydrogens is 308 g/mol. The van der Waals surface area contributed by atoms with Crippen LogP contribution in [0.2, 0.25) is 0 Å². The summed E-state index contributed by atoms with van der Waals surface area (Å²) in [5, 5.41) is 4.52. The number of ether oxygens (including phenoxy) is 1. The third-order valence-corrected chi connectivity index (χ3v) is 5.34. The van der Waals surface area contributed by atoms with E-state index < -0.39 is 0 Å². The van der Waals surface area contributed by atoms with Crippen LogP contribution >= 0.6 is 12.2 Å². The van der Waals surface area contributed by atoms with Gasteiger partial charge in [0.25, 0.3) is 0 Å². The number of benzene rings is 1. The summed E-state index contributed by atoms with van der Waals surface area (Å²) in [5.74, 6) is 0. The van der Waals surface area contributed by atoms with Gasteiger partial charge in [0.05, 0.1) is 19.4 Å². The van der Waals surface area contributed by atoms with Crippen LogP contribution in [-0.4, -0.2) is 44.5 Å². The molecule has 2 fully saturated rings. The first-order chi connectivity index (χ1) is 11.3. The van der Waals surface area contributed by atoms with Crippen molar-refractivity contribution in [1.82, 2.24) is 19.2 Å². The number of hydrogen-bond acceptors (Lipinski definition) is 4. The quantitative estimate of drug-likeness (QED) is 0.811. The van der Waals surface area contributed by atoms with Gasteiger partial charge in [-0.15, -0.1) is 0 Å². The summed E-state index contributed by atoms with van der Waals surface area (Å²) in [4.78, 5) is 2.49. The third kappa shape index (κ3) is 2.98. The lowest BCUT2D eigenvalue weighted by molar-refractivity contribution is -0.0993. The molecule has 5 nitrogen and oxygen atoms in total. The average Bonchev–Trinajstić information content (AvgIpc) is 2.97. The van der Waals surface area contributed by atoms with Crippen LogP contribution in [0.25, 0.3) is 5.69 Å². The van der Waals surface area contributed by atoms with Gasteiger partial charge in [0.15, 0.2) is 0 Å². The molecule has 2 aromatic rings. The molecular formula is C17H22N4OS. The standard InChI is InChI=1S/C17H22N4OS/c23-17-20(14-6-2-1-3-7-14)12-18-21(17)13-19-10-11-22-16-9-5-4-8-15(16)19/h1-3,6-7,12,15-16H,4-5,8-11,13H2. The molecule has 2 heterocycles. The van der Waals surface area contributed by atoms with Gasteiger partial charge in [-0.05, 0) is 37.2 Å². The fraction of sp³-hybridized carbons (Fsp3) is 0.529. The normalized spacial score (nSPS) is 25.2. The Balaban J connectivity index is 1.55. The molecule has 2 atom stereocenters. The van der Waals surface area contributed by atoms with Crippen molar-refractivity contribution in [2.24, 2.45) is 0 Å². The minimum atomic E-state index is 0.392. The van der Waals surface area contributed by atoms with Crippen molar-refractivity contribution >= 4 is 12.2 Å². The molecule has 1 saturated carbocycles. The van der Waals surface area contributed by atoms with E-state index in [-0.39, 0.29) is 0 Å². The van der Waals surface area contributed by atoms with E-state index in [4.69, 9.17) is 17.0 Å². The fourth-order valence-electron chi connectivity index (χ4n) is 3.72. The van der Waals surface area contributed by atoms with E-state index in [9.17, 15) is 0 Å². The molecule has 1 aromatic carbocycles. The van der Waals surface area contributed by atoms with Crippen LogP contribution in [0, 0.1) is 4.77 Å². The predicted octanol–water partition coefficient (Wildman–Crippen LogP) is 3.00. The fourth-order valence-corrected chi connectivity index (χ4v) is 3.98. The first-order valence-corrected chi connectivity index (χ1v) is 8.79. The summed E-state index contributed by atoms with van der Waals surface area (Å²) in [5.41, 5.74) is 1.06. The van der Waals surface area contributed by atoms with Gasteiger partial charge in [0.1, 0.15) is 6.33 Å². The molecule has 23 heavy (non-hydrogen) atoms. The Morgan fingerprint density at radius 1 is 1.17 bits per heavy atom. The summed E-state index contributed by atoms with van der Waals surface area (Å²) in [6.45, 7) is 2.53. The highest BCUT2D eigenvalue weighted by molar-refractivity contribution is 7.71. The van der Waals surface area contributed by atoms with Gasteiger partial charge in [-0.25, -0.2) is 4.68 Å². The van der Waals surface area contributed by atoms with Crippen LogP contribution in [0.1, 0.15) is 25.7 Å². The van der Waals surface area contributed by atoms with Gasteiger partial charge in [-0.3, -0.25) is 9.47 Å². The number of morpholine rings is 1. The monoisotopic (exact) mass is 330 g/mol. The van der Waals surface area contributed by atoms with Crippen molar-refractivity contribution in [3.8, 4) is 5.69 Å². The van der Waals surface area contributed by atoms with Crippen LogP contribution in [0.3, 0.4) is 0 Å². The molecule has 0 N–H and O–H groups in total. The maximum Gasteiger partial charge on any atom is 0.203 e. The molecule has 1 aromatic heterocycles. The van der Waals surface area contributed by atoms with E-state index in [1.165, 1.54) is 25.7 Å². The summed E-state index contributed by atoms with van der Waals surface area (Å²) < 4.78 is 10.6. The van der Waals surface area contributed by atoms with Crippen LogP contribution in [0.15, 0.2) is 36.7 Å². The Morgan fingerprint density at radius 2 is 2.00 bits per heavy atom. The molecule has 4 rings (SSSR count). The topological polar surface area (TPSA) is 35.2 Å². The summed E-state index contributed by atoms with van der Waals surface area (Å²) in [7, 11) is 0. The maximum atomic E-state index is 5.95. The van der Waals surface area contributed by atoms with Gasteiger partial charge in [0, 0.05) is 18.3 Å². The lowest BCUT2D eigenvalue weighted by atomic mass is 9.90. The lowest BCUT2D eigenvalue weighted by Gasteiger charge is -2.43. The average molecular weight is 330 g/mol. The zero-order valence-electron chi connectivity index (χ0n) is 13.2. The highest BCUT2D eigenvalue weighted by atomic mass is 32.1. The van der Waals surface area contributed by atoms with E-state index in [1.54, 1.807) is 0 Å². The first-order valence-electron chi connectivity index (χ1n) is 8.38. The van der Waals surface area contributed by atoms with E-state index >= 15 is 0 Å². The highest BCUT2D eigenvalue weighted by Crippen LogP contribution is 2.28. The second-order valence-electron chi connectivity index (χ2n) is 6.33. The largest absolute Gasteiger partial charge is 0.375 e. The van der Waals surface area contributed by atoms with Gasteiger partial charge in [-0.1, -0.05) is 31.0 Å². The molecule has 0 spiro atoms. The number of fused-ring (bicyclic) bond motifs is 1. The molecule has 1 aliphatic heterocycles. The zero-order valence-corrected chi connectivity index (χ0v) is 14.0. The van der Waals surface area contributed by atoms with Crippen molar-refractivity contribution in [2.75, 3.05) is 13.2 Å². The smallest absolute Gasteiger partial charge is 0.203 e. The highest BCUT2D eigenvalue weighted by Gasteiger charge is 2.34. The number of nitrogens with zero attached hydrogens (tertiary/aromatic N) is 4. The van der Waals surface area contributed by atoms with Gasteiger partial charge < -0.3 is 4.74 Å². The van der Waals surface area contributed by atoms with Crippen molar-refractivity contribution in [2.45, 2.75) is 44.5 Å². The van der Waals surface area contributed by atoms with Crippen LogP contribution < -0.4 is 0 Å². The zero-order chi connectivity index (χ0) is 15.6. The second-order valence-corrected chi connectivity index (χ2v) is 6.70. The van der Waals surface area contributed by atoms with E-state index in [2.05, 4.69) is 10.00 Å². The lowest BCUT2D eigenvalue weighted by Crippen LogP contribution is -2.52. The Bertz CT molecular complexity index is 709. The molecule has 0 bridgehead atoms. The van der Waals surface area contributed by atoms with E-state index in [1.807, 2.05) is 45.9 Å². The third-order valence-electron chi connectivity index (χ3n) is 4.93. The molecule has 2 aliphatic rings. The summed E-state index contributed by atoms with van der Waals surface area (Å²) in [6.07, 6.45) is 7.20. The van der Waals surface area contributed by atoms with Crippen molar-refractivity contribution in [3.63, 3.8) is 0 Å². The van der Waals surface area contributed by atoms with Gasteiger partial charge in [-0.2, -0.15) is 5.10 Å². The van der Waals surface area contributed by atoms with Gasteiger partial charge >= 0.3 is 0 Å². The van der Waals surface area contributed by atoms with Crippen molar-refractivity contribution in [3.05, 3.63) is 41.4 Å². The SMILES string of the molecule is S=c1n(-c2ccccc2)cnn1CN1CCOC2CCCCC21. The summed E-state index contributed by atoms with van der Waals surface area (Å²) in [6, 6.07) is 10.7.